The summed E-state index contributed by atoms with van der Waals surface area (Å²) >= 11 is 0. The van der Waals surface area contributed by atoms with E-state index in [0.717, 1.165) is 18.5 Å². The van der Waals surface area contributed by atoms with E-state index >= 15 is 0 Å². The van der Waals surface area contributed by atoms with E-state index in [1.165, 1.54) is 57.5 Å². The normalized spacial score (nSPS) is 19.1. The number of hydrogen-bond acceptors (Lipinski definition) is 3. The number of aromatic nitrogens is 2. The van der Waals surface area contributed by atoms with Gasteiger partial charge in [0.1, 0.15) is 0 Å². The maximum Gasteiger partial charge on any atom is 0.0734 e. The van der Waals surface area contributed by atoms with Crippen LogP contribution >= 0.6 is 0 Å². The first kappa shape index (κ1) is 17.4. The Labute approximate surface area is 166 Å². The molecule has 0 spiro atoms. The Bertz CT molecular complexity index is 1090. The van der Waals surface area contributed by atoms with Crippen LogP contribution in [0.1, 0.15) is 50.3 Å². The van der Waals surface area contributed by atoms with Gasteiger partial charge >= 0.3 is 0 Å². The lowest BCUT2D eigenvalue weighted by atomic mass is 9.96. The topological polar surface area (TPSA) is 41.9 Å². The molecule has 3 aromatic rings. The first-order chi connectivity index (χ1) is 13.5. The zero-order valence-electron chi connectivity index (χ0n) is 17.0. The Kier molecular flexibility index (Phi) is 3.97. The first-order valence-electron chi connectivity index (χ1n) is 10.4. The highest BCUT2D eigenvalue weighted by molar-refractivity contribution is 5.94. The SMILES string of the molecule is C=C1C[C@@H](C)Nc2c(-c3ccc4c(c3)c(C3CC3)nn4C)ccc(CC)c2N1. The fourth-order valence-electron chi connectivity index (χ4n) is 4.49. The number of rotatable bonds is 3. The predicted octanol–water partition coefficient (Wildman–Crippen LogP) is 5.81. The van der Waals surface area contributed by atoms with Gasteiger partial charge in [0.15, 0.2) is 0 Å². The molecule has 0 unspecified atom stereocenters. The summed E-state index contributed by atoms with van der Waals surface area (Å²) in [5.74, 6) is 0.640. The van der Waals surface area contributed by atoms with Crippen LogP contribution in [0.3, 0.4) is 0 Å². The fourth-order valence-corrected chi connectivity index (χ4v) is 4.49. The maximum atomic E-state index is 4.82. The van der Waals surface area contributed by atoms with Crippen LogP contribution in [0.4, 0.5) is 11.4 Å². The molecule has 0 radical (unpaired) electrons. The molecule has 1 aliphatic carbocycles. The van der Waals surface area contributed by atoms with Crippen LogP contribution in [-0.2, 0) is 13.5 Å². The van der Waals surface area contributed by atoms with Crippen molar-refractivity contribution in [2.45, 2.75) is 51.5 Å². The molecule has 2 aliphatic rings. The molecule has 2 aromatic carbocycles. The first-order valence-corrected chi connectivity index (χ1v) is 10.4. The van der Waals surface area contributed by atoms with E-state index < -0.39 is 0 Å². The van der Waals surface area contributed by atoms with Gasteiger partial charge in [-0.3, -0.25) is 4.68 Å². The summed E-state index contributed by atoms with van der Waals surface area (Å²) in [5.41, 5.74) is 9.75. The molecular formula is C24H28N4. The van der Waals surface area contributed by atoms with E-state index in [2.05, 4.69) is 68.4 Å². The lowest BCUT2D eigenvalue weighted by Crippen LogP contribution is -2.14. The smallest absolute Gasteiger partial charge is 0.0734 e. The average Bonchev–Trinajstić information content (AvgIpc) is 3.48. The third kappa shape index (κ3) is 2.79. The highest BCUT2D eigenvalue weighted by Gasteiger charge is 2.29. The van der Waals surface area contributed by atoms with Crippen molar-refractivity contribution in [3.8, 4) is 11.1 Å². The molecule has 2 N–H and O–H groups in total. The summed E-state index contributed by atoms with van der Waals surface area (Å²) in [7, 11) is 2.05. The van der Waals surface area contributed by atoms with Gasteiger partial charge in [0.2, 0.25) is 0 Å². The number of nitrogens with one attached hydrogen (secondary N) is 2. The van der Waals surface area contributed by atoms with Crippen LogP contribution in [-0.4, -0.2) is 15.8 Å². The number of fused-ring (bicyclic) bond motifs is 2. The molecule has 1 aromatic heterocycles. The minimum atomic E-state index is 0.344. The third-order valence-corrected chi connectivity index (χ3v) is 6.07. The van der Waals surface area contributed by atoms with Gasteiger partial charge in [-0.1, -0.05) is 31.7 Å². The Morgan fingerprint density at radius 2 is 2.00 bits per heavy atom. The molecule has 1 saturated carbocycles. The number of aryl methyl sites for hydroxylation is 2. The van der Waals surface area contributed by atoms with Crippen LogP contribution in [0.2, 0.25) is 0 Å². The molecule has 2 heterocycles. The standard InChI is InChI=1S/C24H28N4/c1-5-16-8-10-19(24-23(16)25-14(2)12-15(3)26-24)18-9-11-21-20(13-18)22(17-6-7-17)27-28(21)4/h8-11,13,15,17,25-26H,2,5-7,12H2,1,3-4H3/t15-/m1/s1. The van der Waals surface area contributed by atoms with Gasteiger partial charge in [-0.2, -0.15) is 5.10 Å². The number of anilines is 2. The molecule has 4 nitrogen and oxygen atoms in total. The van der Waals surface area contributed by atoms with E-state index in [0.29, 0.717) is 12.0 Å². The highest BCUT2D eigenvalue weighted by Crippen LogP contribution is 2.45. The van der Waals surface area contributed by atoms with E-state index in [4.69, 9.17) is 5.10 Å². The van der Waals surface area contributed by atoms with Crippen LogP contribution in [0, 0.1) is 0 Å². The van der Waals surface area contributed by atoms with E-state index in [-0.39, 0.29) is 0 Å². The van der Waals surface area contributed by atoms with Crippen molar-refractivity contribution in [1.82, 2.24) is 9.78 Å². The number of benzene rings is 2. The second-order valence-electron chi connectivity index (χ2n) is 8.37. The van der Waals surface area contributed by atoms with Crippen LogP contribution < -0.4 is 10.6 Å². The molecule has 4 heteroatoms. The molecule has 0 bridgehead atoms. The average molecular weight is 373 g/mol. The van der Waals surface area contributed by atoms with Crippen molar-refractivity contribution in [3.05, 3.63) is 53.9 Å². The third-order valence-electron chi connectivity index (χ3n) is 6.07. The summed E-state index contributed by atoms with van der Waals surface area (Å²) in [5, 5.41) is 13.5. The van der Waals surface area contributed by atoms with Crippen molar-refractivity contribution in [1.29, 1.82) is 0 Å². The zero-order valence-corrected chi connectivity index (χ0v) is 17.0. The minimum absolute atomic E-state index is 0.344. The molecular weight excluding hydrogens is 344 g/mol. The second-order valence-corrected chi connectivity index (χ2v) is 8.37. The van der Waals surface area contributed by atoms with Crippen molar-refractivity contribution < 1.29 is 0 Å². The van der Waals surface area contributed by atoms with Gasteiger partial charge in [0, 0.05) is 42.1 Å². The zero-order chi connectivity index (χ0) is 19.4. The molecule has 1 fully saturated rings. The summed E-state index contributed by atoms with van der Waals surface area (Å²) < 4.78 is 2.03. The Hall–Kier alpha value is -2.75. The van der Waals surface area contributed by atoms with Crippen LogP contribution in [0.15, 0.2) is 42.6 Å². The van der Waals surface area contributed by atoms with Gasteiger partial charge in [-0.25, -0.2) is 0 Å². The molecule has 28 heavy (non-hydrogen) atoms. The van der Waals surface area contributed by atoms with Gasteiger partial charge in [0.05, 0.1) is 22.6 Å². The van der Waals surface area contributed by atoms with E-state index in [1.54, 1.807) is 0 Å². The van der Waals surface area contributed by atoms with Crippen molar-refractivity contribution in [3.63, 3.8) is 0 Å². The second kappa shape index (κ2) is 6.40. The fraction of sp³-hybridized carbons (Fsp3) is 0.375. The molecule has 1 aliphatic heterocycles. The maximum absolute atomic E-state index is 4.82. The lowest BCUT2D eigenvalue weighted by molar-refractivity contribution is 0.767. The van der Waals surface area contributed by atoms with E-state index in [9.17, 15) is 0 Å². The molecule has 0 amide bonds. The molecule has 1 atom stereocenters. The molecule has 0 saturated heterocycles. The van der Waals surface area contributed by atoms with Crippen molar-refractivity contribution in [2.75, 3.05) is 10.6 Å². The van der Waals surface area contributed by atoms with Crippen LogP contribution in [0.5, 0.6) is 0 Å². The Balaban J connectivity index is 1.70. The van der Waals surface area contributed by atoms with Crippen molar-refractivity contribution in [2.24, 2.45) is 7.05 Å². The quantitative estimate of drug-likeness (QED) is 0.609. The lowest BCUT2D eigenvalue weighted by Gasteiger charge is -2.19. The van der Waals surface area contributed by atoms with Gasteiger partial charge in [-0.05, 0) is 49.4 Å². The summed E-state index contributed by atoms with van der Waals surface area (Å²) in [6.45, 7) is 8.65. The Morgan fingerprint density at radius 3 is 2.75 bits per heavy atom. The van der Waals surface area contributed by atoms with Crippen LogP contribution in [0.25, 0.3) is 22.0 Å². The monoisotopic (exact) mass is 372 g/mol. The summed E-state index contributed by atoms with van der Waals surface area (Å²) in [6.07, 6.45) is 4.45. The van der Waals surface area contributed by atoms with Crippen molar-refractivity contribution >= 4 is 22.3 Å². The highest BCUT2D eigenvalue weighted by atomic mass is 15.3. The van der Waals surface area contributed by atoms with Gasteiger partial charge in [0.25, 0.3) is 0 Å². The summed E-state index contributed by atoms with van der Waals surface area (Å²) in [4.78, 5) is 0. The molecule has 144 valence electrons. The largest absolute Gasteiger partial charge is 0.380 e. The number of nitrogens with zero attached hydrogens (tertiary/aromatic N) is 2. The van der Waals surface area contributed by atoms with E-state index in [1.807, 2.05) is 4.68 Å². The summed E-state index contributed by atoms with van der Waals surface area (Å²) in [6, 6.07) is 11.6. The number of hydrogen-bond donors (Lipinski definition) is 2. The molecule has 5 rings (SSSR count). The van der Waals surface area contributed by atoms with Gasteiger partial charge < -0.3 is 10.6 Å². The Morgan fingerprint density at radius 1 is 1.18 bits per heavy atom. The van der Waals surface area contributed by atoms with Gasteiger partial charge in [-0.15, -0.1) is 0 Å². The minimum Gasteiger partial charge on any atom is -0.380 e. The predicted molar refractivity (Wildman–Crippen MR) is 118 cm³/mol.